The molecule has 5 nitrogen and oxygen atoms in total. The summed E-state index contributed by atoms with van der Waals surface area (Å²) in [6, 6.07) is 0. The highest BCUT2D eigenvalue weighted by Gasteiger charge is 2.33. The van der Waals surface area contributed by atoms with Crippen molar-refractivity contribution in [2.45, 2.75) is 26.4 Å². The molecule has 0 saturated heterocycles. The molecule has 0 saturated carbocycles. The van der Waals surface area contributed by atoms with Gasteiger partial charge in [0.15, 0.2) is 0 Å². The number of alkyl halides is 1. The smallest absolute Gasteiger partial charge is 0.442 e. The predicted octanol–water partition coefficient (Wildman–Crippen LogP) is 0.807. The lowest BCUT2D eigenvalue weighted by atomic mass is 10.2. The van der Waals surface area contributed by atoms with E-state index in [1.165, 1.54) is 0 Å². The molecule has 0 aromatic heterocycles. The van der Waals surface area contributed by atoms with Crippen molar-refractivity contribution >= 4 is 29.1 Å². The van der Waals surface area contributed by atoms with Crippen molar-refractivity contribution in [2.24, 2.45) is 0 Å². The van der Waals surface area contributed by atoms with Crippen LogP contribution in [-0.2, 0) is 14.3 Å². The van der Waals surface area contributed by atoms with E-state index in [4.69, 9.17) is 21.9 Å². The fourth-order valence-electron chi connectivity index (χ4n) is 0.600. The molecular formula is C8H11ClN2O3. The van der Waals surface area contributed by atoms with Crippen LogP contribution in [0.3, 0.4) is 0 Å². The first-order chi connectivity index (χ1) is 6.31. The molecule has 0 amide bonds. The van der Waals surface area contributed by atoms with Gasteiger partial charge < -0.3 is 10.3 Å². The van der Waals surface area contributed by atoms with Gasteiger partial charge in [0.25, 0.3) is 5.78 Å². The molecule has 0 fully saturated rings. The number of Topliss-reactive ketones (excluding diaryl/α,β-unsaturated/α-hetero) is 1. The molecule has 78 valence electrons. The van der Waals surface area contributed by atoms with Crippen LogP contribution in [0.4, 0.5) is 0 Å². The van der Waals surface area contributed by atoms with Gasteiger partial charge in [-0.15, -0.1) is 11.6 Å². The van der Waals surface area contributed by atoms with E-state index in [-0.39, 0.29) is 0 Å². The Balaban J connectivity index is 4.68. The largest absolute Gasteiger partial charge is 0.451 e. The molecule has 0 unspecified atom stereocenters. The van der Waals surface area contributed by atoms with Crippen molar-refractivity contribution in [1.29, 1.82) is 0 Å². The normalized spacial score (nSPS) is 10.3. The molecule has 14 heavy (non-hydrogen) atoms. The van der Waals surface area contributed by atoms with Crippen molar-refractivity contribution in [3.8, 4) is 0 Å². The number of carbonyl (C=O) groups is 2. The van der Waals surface area contributed by atoms with E-state index >= 15 is 0 Å². The molecule has 0 aliphatic carbocycles. The molecule has 6 heteroatoms. The van der Waals surface area contributed by atoms with E-state index in [0.29, 0.717) is 0 Å². The third-order valence-electron chi connectivity index (χ3n) is 1.08. The van der Waals surface area contributed by atoms with Gasteiger partial charge in [-0.25, -0.2) is 4.79 Å². The first kappa shape index (κ1) is 12.8. The van der Waals surface area contributed by atoms with Crippen LogP contribution in [0.15, 0.2) is 0 Å². The summed E-state index contributed by atoms with van der Waals surface area (Å²) in [5, 5.41) is 0. The van der Waals surface area contributed by atoms with Crippen molar-refractivity contribution in [1.82, 2.24) is 0 Å². The van der Waals surface area contributed by atoms with Gasteiger partial charge in [0.1, 0.15) is 5.60 Å². The third-order valence-corrected chi connectivity index (χ3v) is 1.32. The van der Waals surface area contributed by atoms with Gasteiger partial charge in [0, 0.05) is 0 Å². The standard InChI is InChI=1S/C8H11ClN2O3/c1-8(2,3)14-7(13)6(11-10)5(12)4-9/h4H2,1-3H3. The Morgan fingerprint density at radius 3 is 2.21 bits per heavy atom. The Morgan fingerprint density at radius 2 is 1.93 bits per heavy atom. The number of ketones is 1. The van der Waals surface area contributed by atoms with E-state index in [2.05, 4.69) is 4.79 Å². The van der Waals surface area contributed by atoms with Crippen molar-refractivity contribution < 1.29 is 19.1 Å². The first-order valence-electron chi connectivity index (χ1n) is 3.86. The van der Waals surface area contributed by atoms with Crippen LogP contribution in [-0.4, -0.2) is 33.7 Å². The van der Waals surface area contributed by atoms with Crippen molar-refractivity contribution in [3.63, 3.8) is 0 Å². The molecule has 0 bridgehead atoms. The van der Waals surface area contributed by atoms with Crippen LogP contribution in [0.5, 0.6) is 0 Å². The number of hydrogen-bond acceptors (Lipinski definition) is 3. The monoisotopic (exact) mass is 218 g/mol. The minimum Gasteiger partial charge on any atom is -0.451 e. The van der Waals surface area contributed by atoms with Crippen LogP contribution < -0.4 is 0 Å². The van der Waals surface area contributed by atoms with E-state index < -0.39 is 28.9 Å². The van der Waals surface area contributed by atoms with Crippen LogP contribution >= 0.6 is 11.6 Å². The second kappa shape index (κ2) is 4.88. The van der Waals surface area contributed by atoms with Gasteiger partial charge in [-0.1, -0.05) is 0 Å². The van der Waals surface area contributed by atoms with Crippen molar-refractivity contribution in [3.05, 3.63) is 5.53 Å². The summed E-state index contributed by atoms with van der Waals surface area (Å²) in [4.78, 5) is 24.7. The topological polar surface area (TPSA) is 79.8 Å². The number of nitrogens with zero attached hydrogens (tertiary/aromatic N) is 2. The maximum absolute atomic E-state index is 11.2. The number of rotatable bonds is 3. The zero-order chi connectivity index (χ0) is 11.4. The summed E-state index contributed by atoms with van der Waals surface area (Å²) in [5.74, 6) is -2.19. The highest BCUT2D eigenvalue weighted by molar-refractivity contribution is 6.65. The summed E-state index contributed by atoms with van der Waals surface area (Å²) in [7, 11) is 0. The minimum absolute atomic E-state index is 0.432. The SMILES string of the molecule is CC(C)(C)OC(=O)C(=[N+]=[N-])C(=O)CCl. The molecule has 0 radical (unpaired) electrons. The Morgan fingerprint density at radius 1 is 1.43 bits per heavy atom. The summed E-state index contributed by atoms with van der Waals surface area (Å²) in [6.07, 6.45) is 0. The Hall–Kier alpha value is -1.19. The Bertz CT molecular complexity index is 300. The van der Waals surface area contributed by atoms with Crippen LogP contribution in [0.25, 0.3) is 5.53 Å². The van der Waals surface area contributed by atoms with Gasteiger partial charge in [-0.05, 0) is 20.8 Å². The zero-order valence-electron chi connectivity index (χ0n) is 8.20. The molecule has 0 heterocycles. The Kier molecular flexibility index (Phi) is 4.47. The lowest BCUT2D eigenvalue weighted by molar-refractivity contribution is -0.151. The summed E-state index contributed by atoms with van der Waals surface area (Å²) >= 11 is 5.19. The van der Waals surface area contributed by atoms with E-state index in [0.717, 1.165) is 0 Å². The van der Waals surface area contributed by atoms with E-state index in [1.54, 1.807) is 20.8 Å². The molecule has 0 spiro atoms. The second-order valence-electron chi connectivity index (χ2n) is 3.51. The maximum atomic E-state index is 11.2. The number of ether oxygens (including phenoxy) is 1. The van der Waals surface area contributed by atoms with E-state index in [1.807, 2.05) is 0 Å². The van der Waals surface area contributed by atoms with Gasteiger partial charge in [-0.2, -0.15) is 4.79 Å². The number of esters is 1. The van der Waals surface area contributed by atoms with Gasteiger partial charge in [0.2, 0.25) is 0 Å². The lowest BCUT2D eigenvalue weighted by Gasteiger charge is -2.17. The molecule has 0 rings (SSSR count). The molecular weight excluding hydrogens is 208 g/mol. The minimum atomic E-state index is -0.981. The average molecular weight is 219 g/mol. The highest BCUT2D eigenvalue weighted by atomic mass is 35.5. The molecule has 0 aromatic carbocycles. The second-order valence-corrected chi connectivity index (χ2v) is 3.77. The first-order valence-corrected chi connectivity index (χ1v) is 4.40. The van der Waals surface area contributed by atoms with Crippen molar-refractivity contribution in [2.75, 3.05) is 5.88 Å². The number of carbonyl (C=O) groups excluding carboxylic acids is 2. The molecule has 0 atom stereocenters. The highest BCUT2D eigenvalue weighted by Crippen LogP contribution is 2.07. The summed E-state index contributed by atoms with van der Waals surface area (Å²) in [6.45, 7) is 4.89. The molecule has 0 aromatic rings. The third kappa shape index (κ3) is 4.16. The fourth-order valence-corrected chi connectivity index (χ4v) is 0.727. The molecule has 0 aliphatic rings. The molecule has 0 N–H and O–H groups in total. The van der Waals surface area contributed by atoms with Gasteiger partial charge in [-0.3, -0.25) is 4.79 Å². The predicted molar refractivity (Wildman–Crippen MR) is 50.2 cm³/mol. The number of hydrogen-bond donors (Lipinski definition) is 0. The zero-order valence-corrected chi connectivity index (χ0v) is 8.96. The van der Waals surface area contributed by atoms with Crippen LogP contribution in [0.1, 0.15) is 20.8 Å². The van der Waals surface area contributed by atoms with Gasteiger partial charge >= 0.3 is 11.7 Å². The average Bonchev–Trinajstić information content (AvgIpc) is 2.01. The fraction of sp³-hybridized carbons (Fsp3) is 0.625. The lowest BCUT2D eigenvalue weighted by Crippen LogP contribution is -2.34. The molecule has 0 aliphatic heterocycles. The maximum Gasteiger partial charge on any atom is 0.442 e. The number of halogens is 1. The van der Waals surface area contributed by atoms with Crippen LogP contribution in [0.2, 0.25) is 0 Å². The van der Waals surface area contributed by atoms with Gasteiger partial charge in [0.05, 0.1) is 5.88 Å². The summed E-state index contributed by atoms with van der Waals surface area (Å²) in [5.41, 5.74) is 6.97. The summed E-state index contributed by atoms with van der Waals surface area (Å²) < 4.78 is 4.80. The van der Waals surface area contributed by atoms with Crippen LogP contribution in [0, 0.1) is 0 Å². The quantitative estimate of drug-likeness (QED) is 0.176. The van der Waals surface area contributed by atoms with E-state index in [9.17, 15) is 9.59 Å². The Labute approximate surface area is 86.6 Å².